The first-order chi connectivity index (χ1) is 17.0. The lowest BCUT2D eigenvalue weighted by atomic mass is 10.0. The fraction of sp³-hybridized carbons (Fsp3) is 0.222. The Morgan fingerprint density at radius 1 is 1.03 bits per heavy atom. The highest BCUT2D eigenvalue weighted by Gasteiger charge is 2.27. The number of nitrogen functional groups attached to an aromatic ring is 1. The Kier molecular flexibility index (Phi) is 7.01. The number of H-pyrrole nitrogens is 1. The summed E-state index contributed by atoms with van der Waals surface area (Å²) in [5.74, 6) is 0.110. The molecule has 0 atom stereocenters. The zero-order valence-electron chi connectivity index (χ0n) is 19.8. The average molecular weight is 473 g/mol. The lowest BCUT2D eigenvalue weighted by molar-refractivity contribution is 0.0986. The molecule has 3 N–H and O–H groups in total. The van der Waals surface area contributed by atoms with Crippen LogP contribution >= 0.6 is 0 Å². The van der Waals surface area contributed by atoms with E-state index in [2.05, 4.69) is 4.98 Å². The first-order valence-electron chi connectivity index (χ1n) is 11.5. The van der Waals surface area contributed by atoms with Crippen molar-refractivity contribution in [3.63, 3.8) is 0 Å². The molecule has 4 rings (SSSR count). The van der Waals surface area contributed by atoms with E-state index >= 15 is 0 Å². The number of para-hydroxylation sites is 1. The number of carbonyl (C=O) groups is 1. The number of unbranched alkanes of at least 4 members (excludes halogenated alkanes) is 1. The van der Waals surface area contributed by atoms with Crippen molar-refractivity contribution in [1.29, 1.82) is 0 Å². The molecular formula is C27H28N4O4. The summed E-state index contributed by atoms with van der Waals surface area (Å²) in [5.41, 5.74) is 6.12. The fourth-order valence-corrected chi connectivity index (χ4v) is 4.19. The Labute approximate surface area is 202 Å². The van der Waals surface area contributed by atoms with Crippen LogP contribution in [0.2, 0.25) is 0 Å². The maximum Gasteiger partial charge on any atom is 0.330 e. The van der Waals surface area contributed by atoms with Gasteiger partial charge in [0.1, 0.15) is 11.6 Å². The zero-order valence-corrected chi connectivity index (χ0v) is 19.8. The summed E-state index contributed by atoms with van der Waals surface area (Å²) < 4.78 is 6.80. The normalized spacial score (nSPS) is 10.9. The third-order valence-electron chi connectivity index (χ3n) is 6.01. The molecule has 0 unspecified atom stereocenters. The van der Waals surface area contributed by atoms with Crippen LogP contribution in [0.3, 0.4) is 0 Å². The molecule has 1 aromatic heterocycles. The number of fused-ring (bicyclic) bond motifs is 1. The summed E-state index contributed by atoms with van der Waals surface area (Å²) in [6, 6.07) is 20.2. The third kappa shape index (κ3) is 4.68. The van der Waals surface area contributed by atoms with Crippen LogP contribution in [0.1, 0.15) is 35.7 Å². The van der Waals surface area contributed by atoms with E-state index in [4.69, 9.17) is 10.5 Å². The van der Waals surface area contributed by atoms with E-state index in [0.717, 1.165) is 17.2 Å². The highest BCUT2D eigenvalue weighted by atomic mass is 16.5. The maximum absolute atomic E-state index is 14.1. The van der Waals surface area contributed by atoms with Gasteiger partial charge in [0.2, 0.25) is 0 Å². The highest BCUT2D eigenvalue weighted by Crippen LogP contribution is 2.28. The number of ether oxygens (including phenoxy) is 1. The van der Waals surface area contributed by atoms with Crippen molar-refractivity contribution < 1.29 is 9.53 Å². The number of aromatic amines is 1. The van der Waals surface area contributed by atoms with E-state index in [1.165, 1.54) is 9.47 Å². The predicted octanol–water partition coefficient (Wildman–Crippen LogP) is 3.93. The zero-order chi connectivity index (χ0) is 24.9. The number of nitrogens with two attached hydrogens (primary N) is 1. The topological polar surface area (TPSA) is 110 Å². The number of hydrogen-bond donors (Lipinski definition) is 2. The number of amides is 1. The Balaban J connectivity index is 1.93. The van der Waals surface area contributed by atoms with E-state index in [1.54, 1.807) is 25.3 Å². The molecule has 0 radical (unpaired) electrons. The van der Waals surface area contributed by atoms with E-state index in [0.29, 0.717) is 29.8 Å². The van der Waals surface area contributed by atoms with Gasteiger partial charge >= 0.3 is 5.69 Å². The molecule has 3 aromatic carbocycles. The van der Waals surface area contributed by atoms with Crippen LogP contribution in [0.5, 0.6) is 5.75 Å². The largest absolute Gasteiger partial charge is 0.496 e. The molecule has 8 nitrogen and oxygen atoms in total. The van der Waals surface area contributed by atoms with Crippen molar-refractivity contribution in [2.45, 2.75) is 32.9 Å². The minimum absolute atomic E-state index is 0.0192. The van der Waals surface area contributed by atoms with Gasteiger partial charge in [0.25, 0.3) is 11.5 Å². The average Bonchev–Trinajstić information content (AvgIpc) is 2.87. The molecule has 8 heteroatoms. The van der Waals surface area contributed by atoms with Gasteiger partial charge in [-0.2, -0.15) is 0 Å². The van der Waals surface area contributed by atoms with Crippen molar-refractivity contribution in [2.24, 2.45) is 0 Å². The number of nitrogens with zero attached hydrogens (tertiary/aromatic N) is 2. The third-order valence-corrected chi connectivity index (χ3v) is 6.01. The Morgan fingerprint density at radius 2 is 1.74 bits per heavy atom. The molecule has 0 aliphatic carbocycles. The van der Waals surface area contributed by atoms with Gasteiger partial charge in [0, 0.05) is 17.7 Å². The minimum atomic E-state index is -0.719. The van der Waals surface area contributed by atoms with Gasteiger partial charge in [0.15, 0.2) is 5.69 Å². The van der Waals surface area contributed by atoms with Crippen LogP contribution in [-0.4, -0.2) is 22.6 Å². The molecule has 35 heavy (non-hydrogen) atoms. The highest BCUT2D eigenvalue weighted by molar-refractivity contribution is 6.14. The number of nitrogens with one attached hydrogen (secondary N) is 1. The summed E-state index contributed by atoms with van der Waals surface area (Å²) in [6.45, 7) is 2.34. The first kappa shape index (κ1) is 23.8. The molecule has 180 valence electrons. The summed E-state index contributed by atoms with van der Waals surface area (Å²) in [7, 11) is 1.54. The lowest BCUT2D eigenvalue weighted by Gasteiger charge is -2.26. The Morgan fingerprint density at radius 3 is 2.51 bits per heavy atom. The Bertz CT molecular complexity index is 1480. The van der Waals surface area contributed by atoms with Crippen LogP contribution < -0.4 is 26.6 Å². The second-order valence-corrected chi connectivity index (χ2v) is 8.23. The molecule has 0 saturated heterocycles. The molecule has 1 heterocycles. The number of rotatable bonds is 8. The number of methoxy groups -OCH3 is 1. The van der Waals surface area contributed by atoms with Crippen LogP contribution in [0.25, 0.3) is 10.8 Å². The molecule has 4 aromatic rings. The second-order valence-electron chi connectivity index (χ2n) is 8.23. The van der Waals surface area contributed by atoms with Crippen molar-refractivity contribution in [2.75, 3.05) is 17.7 Å². The van der Waals surface area contributed by atoms with Gasteiger partial charge in [-0.25, -0.2) is 4.79 Å². The van der Waals surface area contributed by atoms with Crippen LogP contribution in [0.4, 0.5) is 11.5 Å². The number of benzene rings is 3. The summed E-state index contributed by atoms with van der Waals surface area (Å²) in [5, 5.41) is 1.64. The summed E-state index contributed by atoms with van der Waals surface area (Å²) in [4.78, 5) is 43.4. The summed E-state index contributed by atoms with van der Waals surface area (Å²) >= 11 is 0. The number of aromatic nitrogens is 2. The van der Waals surface area contributed by atoms with Gasteiger partial charge in [-0.3, -0.25) is 24.0 Å². The van der Waals surface area contributed by atoms with E-state index in [-0.39, 0.29) is 18.1 Å². The van der Waals surface area contributed by atoms with Crippen molar-refractivity contribution in [1.82, 2.24) is 9.55 Å². The van der Waals surface area contributed by atoms with Gasteiger partial charge < -0.3 is 10.5 Å². The number of carbonyl (C=O) groups excluding carboxylic acids is 1. The van der Waals surface area contributed by atoms with E-state index < -0.39 is 17.2 Å². The first-order valence-corrected chi connectivity index (χ1v) is 11.5. The predicted molar refractivity (Wildman–Crippen MR) is 138 cm³/mol. The standard InChI is InChI=1S/C27H28N4O4/c1-3-4-16-30-24(28)23(25(32)29-27(30)34)31(17-19-11-6-8-15-22(19)35-2)26(33)21-14-9-12-18-10-5-7-13-20(18)21/h5-15H,3-4,16-17,28H2,1-2H3,(H,29,32,34). The monoisotopic (exact) mass is 472 g/mol. The van der Waals surface area contributed by atoms with Crippen LogP contribution in [-0.2, 0) is 13.1 Å². The van der Waals surface area contributed by atoms with Gasteiger partial charge in [-0.15, -0.1) is 0 Å². The smallest absolute Gasteiger partial charge is 0.330 e. The van der Waals surface area contributed by atoms with Crippen molar-refractivity contribution >= 4 is 28.2 Å². The minimum Gasteiger partial charge on any atom is -0.496 e. The molecule has 0 spiro atoms. The van der Waals surface area contributed by atoms with Crippen molar-refractivity contribution in [3.05, 3.63) is 98.7 Å². The van der Waals surface area contributed by atoms with Crippen LogP contribution in [0, 0.1) is 0 Å². The Hall–Kier alpha value is -4.33. The van der Waals surface area contributed by atoms with Gasteiger partial charge in [-0.1, -0.05) is 67.9 Å². The fourth-order valence-electron chi connectivity index (χ4n) is 4.19. The van der Waals surface area contributed by atoms with Gasteiger partial charge in [0.05, 0.1) is 13.7 Å². The number of anilines is 2. The van der Waals surface area contributed by atoms with E-state index in [9.17, 15) is 14.4 Å². The quantitative estimate of drug-likeness (QED) is 0.404. The SMILES string of the molecule is CCCCn1c(N)c(N(Cc2ccccc2OC)C(=O)c2cccc3ccccc23)c(=O)[nH]c1=O. The number of hydrogen-bond acceptors (Lipinski definition) is 5. The summed E-state index contributed by atoms with van der Waals surface area (Å²) in [6.07, 6.45) is 1.53. The molecule has 1 amide bonds. The van der Waals surface area contributed by atoms with Crippen LogP contribution in [0.15, 0.2) is 76.3 Å². The molecule has 0 aliphatic rings. The molecule has 0 bridgehead atoms. The van der Waals surface area contributed by atoms with Crippen molar-refractivity contribution in [3.8, 4) is 5.75 Å². The molecule has 0 aliphatic heterocycles. The molecule has 0 fully saturated rings. The van der Waals surface area contributed by atoms with Gasteiger partial charge in [-0.05, 0) is 29.3 Å². The van der Waals surface area contributed by atoms with E-state index in [1.807, 2.05) is 55.5 Å². The molecule has 0 saturated carbocycles. The maximum atomic E-state index is 14.1. The lowest BCUT2D eigenvalue weighted by Crippen LogP contribution is -2.41. The second kappa shape index (κ2) is 10.3. The molecular weight excluding hydrogens is 444 g/mol.